The van der Waals surface area contributed by atoms with E-state index in [2.05, 4.69) is 34.9 Å². The maximum Gasteiger partial charge on any atom is 0.233 e. The summed E-state index contributed by atoms with van der Waals surface area (Å²) in [6.45, 7) is 7.20. The van der Waals surface area contributed by atoms with E-state index in [1.807, 2.05) is 25.1 Å². The molecular weight excluding hydrogens is 330 g/mol. The van der Waals surface area contributed by atoms with Crippen molar-refractivity contribution in [3.8, 4) is 5.88 Å². The first-order valence-corrected chi connectivity index (χ1v) is 8.75. The van der Waals surface area contributed by atoms with Crippen LogP contribution in [0.3, 0.4) is 0 Å². The molecule has 3 aromatic rings. The molecule has 0 aromatic carbocycles. The van der Waals surface area contributed by atoms with Crippen LogP contribution in [0, 0.1) is 6.92 Å². The zero-order valence-corrected chi connectivity index (χ0v) is 14.7. The highest BCUT2D eigenvalue weighted by Crippen LogP contribution is 2.22. The molecule has 3 aromatic heterocycles. The van der Waals surface area contributed by atoms with E-state index in [1.165, 1.54) is 0 Å². The smallest absolute Gasteiger partial charge is 0.233 e. The van der Waals surface area contributed by atoms with Crippen molar-refractivity contribution in [3.63, 3.8) is 0 Å². The molecule has 1 saturated heterocycles. The van der Waals surface area contributed by atoms with Crippen molar-refractivity contribution in [1.29, 1.82) is 0 Å². The maximum absolute atomic E-state index is 5.68. The van der Waals surface area contributed by atoms with Crippen LogP contribution in [0.5, 0.6) is 5.88 Å². The summed E-state index contributed by atoms with van der Waals surface area (Å²) in [5.41, 5.74) is 1.77. The molecule has 0 radical (unpaired) electrons. The highest BCUT2D eigenvalue weighted by atomic mass is 16.5. The minimum atomic E-state index is 0.579. The fourth-order valence-corrected chi connectivity index (χ4v) is 3.07. The summed E-state index contributed by atoms with van der Waals surface area (Å²) in [6, 6.07) is 5.74. The van der Waals surface area contributed by atoms with E-state index in [4.69, 9.17) is 4.74 Å². The molecule has 1 fully saturated rings. The van der Waals surface area contributed by atoms with Crippen molar-refractivity contribution < 1.29 is 4.74 Å². The van der Waals surface area contributed by atoms with Gasteiger partial charge in [0.05, 0.1) is 17.4 Å². The summed E-state index contributed by atoms with van der Waals surface area (Å²) in [4.78, 5) is 17.6. The number of fused-ring (bicyclic) bond motifs is 1. The average molecular weight is 351 g/mol. The number of hydrogen-bond acceptors (Lipinski definition) is 8. The molecule has 8 heteroatoms. The Labute approximate surface area is 151 Å². The number of ether oxygens (including phenoxy) is 1. The SMILES string of the molecule is Cc1ccc(OCCN2CCN(c3ncnc4cnccc34)CC2)nn1. The van der Waals surface area contributed by atoms with Gasteiger partial charge in [-0.05, 0) is 19.1 Å². The molecule has 134 valence electrons. The Hall–Kier alpha value is -2.87. The van der Waals surface area contributed by atoms with Crippen LogP contribution in [0.4, 0.5) is 5.82 Å². The van der Waals surface area contributed by atoms with E-state index < -0.39 is 0 Å². The van der Waals surface area contributed by atoms with E-state index in [0.29, 0.717) is 12.5 Å². The molecule has 1 aliphatic rings. The van der Waals surface area contributed by atoms with Gasteiger partial charge in [-0.25, -0.2) is 9.97 Å². The molecule has 4 heterocycles. The number of nitrogens with zero attached hydrogens (tertiary/aromatic N) is 7. The van der Waals surface area contributed by atoms with Crippen molar-refractivity contribution >= 4 is 16.7 Å². The third-order valence-corrected chi connectivity index (χ3v) is 4.52. The molecule has 1 aliphatic heterocycles. The standard InChI is InChI=1S/C18H21N7O/c1-14-2-3-17(23-22-14)26-11-10-24-6-8-25(9-7-24)18-15-4-5-19-12-16(15)20-13-21-18/h2-5,12-13H,6-11H2,1H3. The molecule has 4 rings (SSSR count). The Morgan fingerprint density at radius 3 is 2.73 bits per heavy atom. The van der Waals surface area contributed by atoms with Crippen LogP contribution in [0.1, 0.15) is 5.69 Å². The first kappa shape index (κ1) is 16.6. The molecule has 8 nitrogen and oxygen atoms in total. The van der Waals surface area contributed by atoms with Gasteiger partial charge in [0.1, 0.15) is 18.8 Å². The molecule has 0 unspecified atom stereocenters. The fraction of sp³-hybridized carbons (Fsp3) is 0.389. The van der Waals surface area contributed by atoms with Crippen molar-refractivity contribution in [2.45, 2.75) is 6.92 Å². The van der Waals surface area contributed by atoms with Crippen molar-refractivity contribution in [1.82, 2.24) is 30.0 Å². The van der Waals surface area contributed by atoms with Crippen LogP contribution in [-0.2, 0) is 0 Å². The zero-order chi connectivity index (χ0) is 17.8. The van der Waals surface area contributed by atoms with E-state index in [0.717, 1.165) is 55.1 Å². The van der Waals surface area contributed by atoms with Crippen LogP contribution in [0.2, 0.25) is 0 Å². The Balaban J connectivity index is 1.30. The van der Waals surface area contributed by atoms with E-state index in [1.54, 1.807) is 18.7 Å². The third-order valence-electron chi connectivity index (χ3n) is 4.52. The van der Waals surface area contributed by atoms with Crippen LogP contribution in [0.25, 0.3) is 10.9 Å². The number of piperazine rings is 1. The topological polar surface area (TPSA) is 80.2 Å². The summed E-state index contributed by atoms with van der Waals surface area (Å²) in [5, 5.41) is 9.08. The van der Waals surface area contributed by atoms with E-state index >= 15 is 0 Å². The minimum Gasteiger partial charge on any atom is -0.475 e. The predicted octanol–water partition coefficient (Wildman–Crippen LogP) is 1.32. The normalized spacial score (nSPS) is 15.3. The van der Waals surface area contributed by atoms with Crippen LogP contribution >= 0.6 is 0 Å². The first-order chi connectivity index (χ1) is 12.8. The number of aromatic nitrogens is 5. The quantitative estimate of drug-likeness (QED) is 0.681. The molecule has 26 heavy (non-hydrogen) atoms. The maximum atomic E-state index is 5.68. The van der Waals surface area contributed by atoms with Gasteiger partial charge in [-0.15, -0.1) is 5.10 Å². The summed E-state index contributed by atoms with van der Waals surface area (Å²) < 4.78 is 5.68. The van der Waals surface area contributed by atoms with Crippen LogP contribution in [0.15, 0.2) is 36.9 Å². The van der Waals surface area contributed by atoms with Gasteiger partial charge in [-0.2, -0.15) is 5.10 Å². The molecule has 0 spiro atoms. The second-order valence-electron chi connectivity index (χ2n) is 6.28. The van der Waals surface area contributed by atoms with Gasteiger partial charge in [-0.1, -0.05) is 0 Å². The number of hydrogen-bond donors (Lipinski definition) is 0. The van der Waals surface area contributed by atoms with Crippen molar-refractivity contribution in [2.24, 2.45) is 0 Å². The lowest BCUT2D eigenvalue weighted by Crippen LogP contribution is -2.47. The Morgan fingerprint density at radius 2 is 1.92 bits per heavy atom. The summed E-state index contributed by atoms with van der Waals surface area (Å²) >= 11 is 0. The Morgan fingerprint density at radius 1 is 1.04 bits per heavy atom. The third kappa shape index (κ3) is 3.70. The predicted molar refractivity (Wildman–Crippen MR) is 98.3 cm³/mol. The van der Waals surface area contributed by atoms with Gasteiger partial charge >= 0.3 is 0 Å². The number of aryl methyl sites for hydroxylation is 1. The highest BCUT2D eigenvalue weighted by Gasteiger charge is 2.19. The number of rotatable bonds is 5. The van der Waals surface area contributed by atoms with E-state index in [-0.39, 0.29) is 0 Å². The molecule has 0 aliphatic carbocycles. The number of pyridine rings is 1. The Kier molecular flexibility index (Phi) is 4.83. The van der Waals surface area contributed by atoms with Crippen LogP contribution in [-0.4, -0.2) is 69.4 Å². The molecule has 0 N–H and O–H groups in total. The van der Waals surface area contributed by atoms with Crippen LogP contribution < -0.4 is 9.64 Å². The molecule has 0 saturated carbocycles. The number of anilines is 1. The monoisotopic (exact) mass is 351 g/mol. The van der Waals surface area contributed by atoms with Crippen molar-refractivity contribution in [2.75, 3.05) is 44.2 Å². The average Bonchev–Trinajstić information content (AvgIpc) is 2.70. The first-order valence-electron chi connectivity index (χ1n) is 8.75. The molecular formula is C18H21N7O. The van der Waals surface area contributed by atoms with Gasteiger partial charge in [0.25, 0.3) is 0 Å². The van der Waals surface area contributed by atoms with Gasteiger partial charge in [0.2, 0.25) is 5.88 Å². The molecule has 0 amide bonds. The summed E-state index contributed by atoms with van der Waals surface area (Å²) in [7, 11) is 0. The van der Waals surface area contributed by atoms with Crippen molar-refractivity contribution in [3.05, 3.63) is 42.6 Å². The fourth-order valence-electron chi connectivity index (χ4n) is 3.07. The van der Waals surface area contributed by atoms with Gasteiger partial charge in [0, 0.05) is 50.4 Å². The molecule has 0 bridgehead atoms. The Bertz CT molecular complexity index is 858. The van der Waals surface area contributed by atoms with Gasteiger partial charge in [-0.3, -0.25) is 9.88 Å². The van der Waals surface area contributed by atoms with E-state index in [9.17, 15) is 0 Å². The summed E-state index contributed by atoms with van der Waals surface area (Å²) in [5.74, 6) is 1.57. The second-order valence-corrected chi connectivity index (χ2v) is 6.28. The lowest BCUT2D eigenvalue weighted by atomic mass is 10.2. The lowest BCUT2D eigenvalue weighted by Gasteiger charge is -2.35. The van der Waals surface area contributed by atoms with Gasteiger partial charge < -0.3 is 9.64 Å². The largest absolute Gasteiger partial charge is 0.475 e. The summed E-state index contributed by atoms with van der Waals surface area (Å²) in [6.07, 6.45) is 5.18. The van der Waals surface area contributed by atoms with Gasteiger partial charge in [0.15, 0.2) is 0 Å². The molecule has 0 atom stereocenters. The minimum absolute atomic E-state index is 0.579. The highest BCUT2D eigenvalue weighted by molar-refractivity contribution is 5.88. The lowest BCUT2D eigenvalue weighted by molar-refractivity contribution is 0.196. The second kappa shape index (κ2) is 7.57. The zero-order valence-electron chi connectivity index (χ0n) is 14.7.